The normalized spacial score (nSPS) is 17.8. The molecule has 172 valence electrons. The molecule has 0 bridgehead atoms. The smallest absolute Gasteiger partial charge is 0.276 e. The number of amides is 2. The minimum absolute atomic E-state index is 0.248. The van der Waals surface area contributed by atoms with E-state index in [1.54, 1.807) is 42.4 Å². The molecular weight excluding hydrogens is 449 g/mol. The molecule has 9 nitrogen and oxygen atoms in total. The molecule has 0 radical (unpaired) electrons. The molecular formula is C22H22FN5O4S. The van der Waals surface area contributed by atoms with Gasteiger partial charge in [-0.15, -0.1) is 0 Å². The summed E-state index contributed by atoms with van der Waals surface area (Å²) in [7, 11) is 3.07. The first-order chi connectivity index (χ1) is 15.9. The van der Waals surface area contributed by atoms with Crippen LogP contribution in [0.15, 0.2) is 60.0 Å². The quantitative estimate of drug-likeness (QED) is 0.669. The molecule has 2 aliphatic heterocycles. The van der Waals surface area contributed by atoms with Crippen LogP contribution >= 0.6 is 11.8 Å². The Bertz CT molecular complexity index is 1100. The second kappa shape index (κ2) is 9.41. The number of hydrogen-bond acceptors (Lipinski definition) is 8. The number of anilines is 2. The van der Waals surface area contributed by atoms with Crippen molar-refractivity contribution in [1.82, 2.24) is 10.3 Å². The van der Waals surface area contributed by atoms with Gasteiger partial charge < -0.3 is 14.8 Å². The first-order valence-corrected chi connectivity index (χ1v) is 10.9. The van der Waals surface area contributed by atoms with E-state index < -0.39 is 11.4 Å². The molecule has 2 aromatic rings. The Balaban J connectivity index is 1.42. The maximum absolute atomic E-state index is 13.2. The van der Waals surface area contributed by atoms with Crippen molar-refractivity contribution in [1.29, 1.82) is 0 Å². The average Bonchev–Trinajstić information content (AvgIpc) is 3.23. The number of thioether (sulfide) groups is 1. The maximum Gasteiger partial charge on any atom is 0.276 e. The Labute approximate surface area is 194 Å². The van der Waals surface area contributed by atoms with Gasteiger partial charge in [0.15, 0.2) is 5.17 Å². The minimum atomic E-state index is -0.750. The van der Waals surface area contributed by atoms with Gasteiger partial charge in [0.1, 0.15) is 17.3 Å². The number of nitrogens with zero attached hydrogens (tertiary/aromatic N) is 3. The van der Waals surface area contributed by atoms with Gasteiger partial charge in [-0.3, -0.25) is 24.8 Å². The topological polar surface area (TPSA) is 95.5 Å². The number of carbonyl (C=O) groups excluding carboxylic acids is 2. The van der Waals surface area contributed by atoms with Gasteiger partial charge in [-0.1, -0.05) is 11.8 Å². The van der Waals surface area contributed by atoms with E-state index in [-0.39, 0.29) is 17.6 Å². The lowest BCUT2D eigenvalue weighted by Gasteiger charge is -2.32. The second-order valence-electron chi connectivity index (χ2n) is 7.17. The van der Waals surface area contributed by atoms with E-state index in [1.807, 2.05) is 0 Å². The Morgan fingerprint density at radius 3 is 2.45 bits per heavy atom. The molecule has 2 N–H and O–H groups in total. The number of hydrogen-bond donors (Lipinski definition) is 2. The number of fused-ring (bicyclic) bond motifs is 1. The molecule has 2 aromatic carbocycles. The average molecular weight is 472 g/mol. The fourth-order valence-electron chi connectivity index (χ4n) is 3.25. The molecule has 2 atom stereocenters. The van der Waals surface area contributed by atoms with E-state index in [1.165, 1.54) is 55.1 Å². The number of amidine groups is 1. The number of ether oxygens (including phenoxy) is 2. The zero-order valence-electron chi connectivity index (χ0n) is 18.1. The largest absolute Gasteiger partial charge is 0.497 e. The summed E-state index contributed by atoms with van der Waals surface area (Å²) in [6.07, 6.45) is 2.53. The van der Waals surface area contributed by atoms with Crippen LogP contribution < -0.4 is 25.1 Å². The highest BCUT2D eigenvalue weighted by Gasteiger charge is 2.39. The van der Waals surface area contributed by atoms with Crippen LogP contribution in [0.2, 0.25) is 0 Å². The van der Waals surface area contributed by atoms with Gasteiger partial charge in [0, 0.05) is 42.0 Å². The van der Waals surface area contributed by atoms with Gasteiger partial charge >= 0.3 is 0 Å². The fraction of sp³-hybridized carbons (Fsp3) is 0.227. The van der Waals surface area contributed by atoms with Crippen LogP contribution in [0.4, 0.5) is 15.8 Å². The Morgan fingerprint density at radius 2 is 1.82 bits per heavy atom. The van der Waals surface area contributed by atoms with Crippen molar-refractivity contribution in [3.63, 3.8) is 0 Å². The molecule has 2 amide bonds. The second-order valence-corrected chi connectivity index (χ2v) is 8.47. The summed E-state index contributed by atoms with van der Waals surface area (Å²) < 4.78 is 23.7. The van der Waals surface area contributed by atoms with E-state index >= 15 is 0 Å². The van der Waals surface area contributed by atoms with Crippen molar-refractivity contribution < 1.29 is 23.5 Å². The molecule has 4 rings (SSSR count). The summed E-state index contributed by atoms with van der Waals surface area (Å²) in [5.41, 5.74) is 3.89. The predicted molar refractivity (Wildman–Crippen MR) is 124 cm³/mol. The number of hydrazone groups is 1. The molecule has 0 aliphatic carbocycles. The molecule has 2 heterocycles. The van der Waals surface area contributed by atoms with Gasteiger partial charge in [0.25, 0.3) is 5.91 Å². The first-order valence-electron chi connectivity index (χ1n) is 9.98. The third-order valence-electron chi connectivity index (χ3n) is 5.00. The number of rotatable bonds is 6. The van der Waals surface area contributed by atoms with Crippen molar-refractivity contribution in [3.05, 3.63) is 60.7 Å². The standard InChI is InChI=1S/C22H22FN5O4S/c1-13(20(29)24-15-10-17(31-2)12-18(11-15)32-3)33-22-26-25-19-21(30)27(8-9-28(19)22)16-6-4-14(23)5-7-16/h4-13,19,25H,1-3H3,(H,24,29). The summed E-state index contributed by atoms with van der Waals surface area (Å²) in [5, 5.41) is 7.04. The maximum atomic E-state index is 13.2. The summed E-state index contributed by atoms with van der Waals surface area (Å²) in [6.45, 7) is 1.74. The first kappa shape index (κ1) is 22.5. The zero-order valence-corrected chi connectivity index (χ0v) is 18.9. The van der Waals surface area contributed by atoms with Crippen LogP contribution in [0.3, 0.4) is 0 Å². The molecule has 2 unspecified atom stereocenters. The van der Waals surface area contributed by atoms with E-state index in [0.717, 1.165) is 0 Å². The highest BCUT2D eigenvalue weighted by molar-refractivity contribution is 8.14. The Hall–Kier alpha value is -3.73. The Morgan fingerprint density at radius 1 is 1.15 bits per heavy atom. The van der Waals surface area contributed by atoms with Crippen molar-refractivity contribution >= 4 is 40.1 Å². The van der Waals surface area contributed by atoms with Crippen molar-refractivity contribution in [2.75, 3.05) is 24.4 Å². The van der Waals surface area contributed by atoms with Crippen molar-refractivity contribution in [2.45, 2.75) is 18.3 Å². The van der Waals surface area contributed by atoms with Crippen LogP contribution in [0.1, 0.15) is 6.92 Å². The van der Waals surface area contributed by atoms with E-state index in [4.69, 9.17) is 9.47 Å². The Kier molecular flexibility index (Phi) is 6.40. The summed E-state index contributed by atoms with van der Waals surface area (Å²) >= 11 is 1.21. The molecule has 0 saturated carbocycles. The molecule has 0 saturated heterocycles. The molecule has 0 fully saturated rings. The van der Waals surface area contributed by atoms with E-state index in [9.17, 15) is 14.0 Å². The number of halogens is 1. The molecule has 11 heteroatoms. The molecule has 0 aromatic heterocycles. The van der Waals surface area contributed by atoms with Crippen LogP contribution in [0.5, 0.6) is 11.5 Å². The van der Waals surface area contributed by atoms with Crippen LogP contribution in [-0.4, -0.2) is 47.5 Å². The SMILES string of the molecule is COc1cc(NC(=O)C(C)SC2=NNC3C(=O)N(c4ccc(F)cc4)C=CN23)cc(OC)c1. The predicted octanol–water partition coefficient (Wildman–Crippen LogP) is 2.92. The molecule has 0 spiro atoms. The third kappa shape index (κ3) is 4.72. The summed E-state index contributed by atoms with van der Waals surface area (Å²) in [5.74, 6) is 0.208. The minimum Gasteiger partial charge on any atom is -0.497 e. The van der Waals surface area contributed by atoms with Gasteiger partial charge in [-0.25, -0.2) is 4.39 Å². The van der Waals surface area contributed by atoms with Crippen LogP contribution in [0.25, 0.3) is 0 Å². The van der Waals surface area contributed by atoms with E-state index in [0.29, 0.717) is 28.0 Å². The number of benzene rings is 2. The summed E-state index contributed by atoms with van der Waals surface area (Å²) in [6, 6.07) is 10.7. The van der Waals surface area contributed by atoms with Crippen LogP contribution in [-0.2, 0) is 9.59 Å². The lowest BCUT2D eigenvalue weighted by atomic mass is 10.2. The number of nitrogens with one attached hydrogen (secondary N) is 2. The third-order valence-corrected chi connectivity index (χ3v) is 6.08. The van der Waals surface area contributed by atoms with E-state index in [2.05, 4.69) is 15.8 Å². The lowest BCUT2D eigenvalue weighted by molar-refractivity contribution is -0.122. The van der Waals surface area contributed by atoms with Gasteiger partial charge in [0.05, 0.1) is 19.5 Å². The number of methoxy groups -OCH3 is 2. The molecule has 33 heavy (non-hydrogen) atoms. The highest BCUT2D eigenvalue weighted by Crippen LogP contribution is 2.29. The highest BCUT2D eigenvalue weighted by atomic mass is 32.2. The van der Waals surface area contributed by atoms with Crippen molar-refractivity contribution in [2.24, 2.45) is 5.10 Å². The summed E-state index contributed by atoms with van der Waals surface area (Å²) in [4.78, 5) is 28.7. The van der Waals surface area contributed by atoms with Gasteiger partial charge in [0.2, 0.25) is 12.1 Å². The zero-order chi connectivity index (χ0) is 23.5. The van der Waals surface area contributed by atoms with Gasteiger partial charge in [-0.2, -0.15) is 5.10 Å². The fourth-order valence-corrected chi connectivity index (χ4v) is 4.13. The number of carbonyl (C=O) groups is 2. The van der Waals surface area contributed by atoms with Crippen molar-refractivity contribution in [3.8, 4) is 11.5 Å². The molecule has 2 aliphatic rings. The van der Waals surface area contributed by atoms with Crippen LogP contribution in [0, 0.1) is 5.82 Å². The monoisotopic (exact) mass is 471 g/mol. The lowest BCUT2D eigenvalue weighted by Crippen LogP contribution is -2.52. The van der Waals surface area contributed by atoms with Gasteiger partial charge in [-0.05, 0) is 31.2 Å².